The van der Waals surface area contributed by atoms with Crippen molar-refractivity contribution < 1.29 is 15.0 Å². The first kappa shape index (κ1) is 13.7. The molecule has 0 aliphatic heterocycles. The molecule has 100 valence electrons. The fourth-order valence-corrected chi connectivity index (χ4v) is 2.08. The summed E-state index contributed by atoms with van der Waals surface area (Å²) in [6.45, 7) is 1.76. The number of hydrogen-bond acceptors (Lipinski definition) is 3. The maximum absolute atomic E-state index is 11.3. The second kappa shape index (κ2) is 5.91. The van der Waals surface area contributed by atoms with E-state index in [0.717, 1.165) is 0 Å². The van der Waals surface area contributed by atoms with Crippen LogP contribution in [0.25, 0.3) is 11.1 Å². The van der Waals surface area contributed by atoms with E-state index in [9.17, 15) is 15.0 Å². The normalized spacial score (nSPS) is 10.9. The van der Waals surface area contributed by atoms with Crippen LogP contribution < -0.4 is 0 Å². The monoisotopic (exact) mass is 266 g/mol. The number of phenols is 2. The van der Waals surface area contributed by atoms with Crippen molar-refractivity contribution in [1.82, 2.24) is 0 Å². The Labute approximate surface area is 117 Å². The Morgan fingerprint density at radius 1 is 0.950 bits per heavy atom. The largest absolute Gasteiger partial charge is 0.507 e. The van der Waals surface area contributed by atoms with Gasteiger partial charge in [0.2, 0.25) is 0 Å². The van der Waals surface area contributed by atoms with E-state index < -0.39 is 0 Å². The number of phenolic OH excluding ortho intramolecular Hbond substituents is 2. The topological polar surface area (TPSA) is 57.5 Å². The third kappa shape index (κ3) is 2.48. The van der Waals surface area contributed by atoms with Crippen LogP contribution in [0.3, 0.4) is 0 Å². The number of carbonyl (C=O) groups excluding carboxylic acids is 1. The van der Waals surface area contributed by atoms with Crippen molar-refractivity contribution in [3.63, 3.8) is 0 Å². The van der Waals surface area contributed by atoms with Crippen molar-refractivity contribution in [2.75, 3.05) is 0 Å². The molecule has 0 saturated carbocycles. The predicted molar refractivity (Wildman–Crippen MR) is 79.0 cm³/mol. The molecular weight excluding hydrogens is 252 g/mol. The summed E-state index contributed by atoms with van der Waals surface area (Å²) >= 11 is 0. The molecular formula is C17H14O3. The van der Waals surface area contributed by atoms with Crippen LogP contribution in [0.2, 0.25) is 0 Å². The Hall–Kier alpha value is -2.77. The smallest absolute Gasteiger partial charge is 0.133 e. The molecule has 3 heteroatoms. The first-order valence-electron chi connectivity index (χ1n) is 6.17. The van der Waals surface area contributed by atoms with Crippen LogP contribution in [0.4, 0.5) is 0 Å². The predicted octanol–water partition coefficient (Wildman–Crippen LogP) is 3.42. The van der Waals surface area contributed by atoms with Gasteiger partial charge in [-0.2, -0.15) is 0 Å². The summed E-state index contributed by atoms with van der Waals surface area (Å²) in [6.07, 6.45) is 1.71. The Morgan fingerprint density at radius 2 is 1.45 bits per heavy atom. The molecule has 3 nitrogen and oxygen atoms in total. The van der Waals surface area contributed by atoms with Gasteiger partial charge in [-0.3, -0.25) is 0 Å². The molecule has 0 aliphatic carbocycles. The van der Waals surface area contributed by atoms with Crippen molar-refractivity contribution in [3.05, 3.63) is 65.7 Å². The highest BCUT2D eigenvalue weighted by Crippen LogP contribution is 2.36. The summed E-state index contributed by atoms with van der Waals surface area (Å²) in [5.74, 6) is 1.94. The highest BCUT2D eigenvalue weighted by Gasteiger charge is 2.16. The summed E-state index contributed by atoms with van der Waals surface area (Å²) in [5, 5.41) is 19.8. The zero-order chi connectivity index (χ0) is 14.5. The molecule has 0 bridgehead atoms. The number of aromatic hydroxyl groups is 2. The summed E-state index contributed by atoms with van der Waals surface area (Å²) in [6, 6.07) is 13.3. The maximum atomic E-state index is 11.3. The molecule has 0 radical (unpaired) electrons. The summed E-state index contributed by atoms with van der Waals surface area (Å²) in [4.78, 5) is 11.3. The molecule has 2 rings (SSSR count). The van der Waals surface area contributed by atoms with Crippen LogP contribution in [-0.4, -0.2) is 16.2 Å². The van der Waals surface area contributed by atoms with Gasteiger partial charge >= 0.3 is 0 Å². The van der Waals surface area contributed by atoms with Gasteiger partial charge in [0.05, 0.1) is 5.57 Å². The molecule has 0 atom stereocenters. The lowest BCUT2D eigenvalue weighted by Gasteiger charge is -2.12. The first-order valence-corrected chi connectivity index (χ1v) is 6.17. The average molecular weight is 266 g/mol. The van der Waals surface area contributed by atoms with Crippen molar-refractivity contribution >= 4 is 17.1 Å². The molecule has 0 unspecified atom stereocenters. The zero-order valence-corrected chi connectivity index (χ0v) is 11.0. The van der Waals surface area contributed by atoms with E-state index in [4.69, 9.17) is 0 Å². The molecule has 0 spiro atoms. The zero-order valence-electron chi connectivity index (χ0n) is 11.0. The Balaban J connectivity index is 2.60. The number of hydrogen-bond donors (Lipinski definition) is 2. The average Bonchev–Trinajstić information content (AvgIpc) is 2.47. The van der Waals surface area contributed by atoms with Gasteiger partial charge in [0.15, 0.2) is 0 Å². The van der Waals surface area contributed by atoms with Crippen LogP contribution in [0.5, 0.6) is 11.5 Å². The van der Waals surface area contributed by atoms with Gasteiger partial charge in [-0.05, 0) is 25.1 Å². The highest BCUT2D eigenvalue weighted by molar-refractivity contribution is 6.16. The lowest BCUT2D eigenvalue weighted by atomic mass is 9.92. The molecule has 0 aromatic heterocycles. The fourth-order valence-electron chi connectivity index (χ4n) is 2.08. The van der Waals surface area contributed by atoms with Crippen molar-refractivity contribution in [2.24, 2.45) is 0 Å². The third-order valence-corrected chi connectivity index (χ3v) is 3.03. The van der Waals surface area contributed by atoms with Crippen molar-refractivity contribution in [2.45, 2.75) is 6.92 Å². The molecule has 20 heavy (non-hydrogen) atoms. The van der Waals surface area contributed by atoms with E-state index in [-0.39, 0.29) is 17.1 Å². The van der Waals surface area contributed by atoms with Crippen molar-refractivity contribution in [3.8, 4) is 11.5 Å². The fraction of sp³-hybridized carbons (Fsp3) is 0.0588. The van der Waals surface area contributed by atoms with Gasteiger partial charge in [0.25, 0.3) is 0 Å². The third-order valence-electron chi connectivity index (χ3n) is 3.03. The minimum atomic E-state index is 0.000575. The Morgan fingerprint density at radius 3 is 1.90 bits per heavy atom. The lowest BCUT2D eigenvalue weighted by molar-refractivity contribution is 0.472. The van der Waals surface area contributed by atoms with Crippen molar-refractivity contribution in [1.29, 1.82) is 0 Å². The number of para-hydroxylation sites is 2. The number of rotatable bonds is 3. The van der Waals surface area contributed by atoms with E-state index in [1.807, 2.05) is 5.94 Å². The molecule has 0 fully saturated rings. The van der Waals surface area contributed by atoms with E-state index in [1.165, 1.54) is 6.07 Å². The van der Waals surface area contributed by atoms with Gasteiger partial charge in [-0.25, -0.2) is 4.79 Å². The molecule has 0 heterocycles. The second-order valence-electron chi connectivity index (χ2n) is 4.21. The highest BCUT2D eigenvalue weighted by atomic mass is 16.3. The standard InChI is InChI=1S/C17H14O3/c1-2-12(13-7-3-5-9-16(13)19)15(11-18)14-8-4-6-10-17(14)20/h2-10,19-20H,1H3. The summed E-state index contributed by atoms with van der Waals surface area (Å²) < 4.78 is 0. The lowest BCUT2D eigenvalue weighted by Crippen LogP contribution is -1.92. The number of allylic oxidation sites excluding steroid dienone is 3. The Kier molecular flexibility index (Phi) is 4.04. The first-order chi connectivity index (χ1) is 9.69. The van der Waals surface area contributed by atoms with Crippen LogP contribution >= 0.6 is 0 Å². The van der Waals surface area contributed by atoms with E-state index in [2.05, 4.69) is 0 Å². The summed E-state index contributed by atoms with van der Waals surface area (Å²) in [5.41, 5.74) is 1.65. The Bertz CT molecular complexity index is 708. The maximum Gasteiger partial charge on any atom is 0.133 e. The molecule has 2 N–H and O–H groups in total. The SMILES string of the molecule is CC=C(C(=C=O)c1ccccc1O)c1ccccc1O. The molecule has 0 amide bonds. The minimum absolute atomic E-state index is 0.000575. The van der Waals surface area contributed by atoms with Crippen LogP contribution in [0, 0.1) is 0 Å². The van der Waals surface area contributed by atoms with Gasteiger partial charge in [0.1, 0.15) is 17.4 Å². The van der Waals surface area contributed by atoms with Gasteiger partial charge in [0, 0.05) is 16.7 Å². The quantitative estimate of drug-likeness (QED) is 0.661. The molecule has 0 saturated heterocycles. The van der Waals surface area contributed by atoms with Crippen LogP contribution in [0.1, 0.15) is 18.1 Å². The minimum Gasteiger partial charge on any atom is -0.507 e. The van der Waals surface area contributed by atoms with Crippen LogP contribution in [0.15, 0.2) is 54.6 Å². The molecule has 2 aromatic rings. The van der Waals surface area contributed by atoms with E-state index >= 15 is 0 Å². The molecule has 2 aromatic carbocycles. The summed E-state index contributed by atoms with van der Waals surface area (Å²) in [7, 11) is 0. The van der Waals surface area contributed by atoms with E-state index in [1.54, 1.807) is 55.5 Å². The van der Waals surface area contributed by atoms with Gasteiger partial charge in [-0.1, -0.05) is 36.4 Å². The second-order valence-corrected chi connectivity index (χ2v) is 4.21. The van der Waals surface area contributed by atoms with Crippen LogP contribution in [-0.2, 0) is 4.79 Å². The molecule has 0 aliphatic rings. The van der Waals surface area contributed by atoms with Gasteiger partial charge in [-0.15, -0.1) is 0 Å². The van der Waals surface area contributed by atoms with Gasteiger partial charge < -0.3 is 10.2 Å². The number of benzene rings is 2. The van der Waals surface area contributed by atoms with E-state index in [0.29, 0.717) is 16.7 Å².